The predicted molar refractivity (Wildman–Crippen MR) is 73.7 cm³/mol. The van der Waals surface area contributed by atoms with Crippen LogP contribution >= 0.6 is 0 Å². The number of ketones is 1. The third-order valence-corrected chi connectivity index (χ3v) is 2.84. The van der Waals surface area contributed by atoms with Crippen LogP contribution in [0, 0.1) is 0 Å². The molecule has 2 aromatic rings. The van der Waals surface area contributed by atoms with Gasteiger partial charge in [-0.25, -0.2) is 0 Å². The highest BCUT2D eigenvalue weighted by Gasteiger charge is 2.11. The van der Waals surface area contributed by atoms with Crippen LogP contribution in [0.1, 0.15) is 17.7 Å². The molecule has 6 nitrogen and oxygen atoms in total. The molecule has 0 fully saturated rings. The van der Waals surface area contributed by atoms with Crippen molar-refractivity contribution < 1.29 is 14.8 Å². The third-order valence-electron chi connectivity index (χ3n) is 2.84. The van der Waals surface area contributed by atoms with Crippen molar-refractivity contribution in [2.75, 3.05) is 0 Å². The van der Waals surface area contributed by atoms with E-state index >= 15 is 0 Å². The second kappa shape index (κ2) is 6.97. The van der Waals surface area contributed by atoms with Crippen LogP contribution in [0.25, 0.3) is 0 Å². The Balaban J connectivity index is 1.80. The van der Waals surface area contributed by atoms with Crippen molar-refractivity contribution in [2.45, 2.75) is 25.7 Å². The van der Waals surface area contributed by atoms with Crippen molar-refractivity contribution in [1.29, 1.82) is 0 Å². The number of hydrogen-bond donors (Lipinski definition) is 2. The van der Waals surface area contributed by atoms with E-state index in [-0.39, 0.29) is 12.2 Å². The van der Waals surface area contributed by atoms with Gasteiger partial charge in [-0.15, -0.1) is 5.10 Å². The molecule has 0 aliphatic heterocycles. The number of Topliss-reactive ketones (excluding diaryl/α,β-unsaturated/α-hetero) is 1. The number of hydrogen-bond acceptors (Lipinski definition) is 5. The number of benzene rings is 1. The first-order valence-electron chi connectivity index (χ1n) is 6.44. The van der Waals surface area contributed by atoms with E-state index in [0.717, 1.165) is 5.56 Å². The van der Waals surface area contributed by atoms with Gasteiger partial charge in [0.1, 0.15) is 5.78 Å². The maximum absolute atomic E-state index is 11.8. The normalized spacial score (nSPS) is 10.5. The zero-order chi connectivity index (χ0) is 14.4. The van der Waals surface area contributed by atoms with Crippen LogP contribution in [-0.2, 0) is 24.1 Å². The van der Waals surface area contributed by atoms with Crippen molar-refractivity contribution in [3.63, 3.8) is 0 Å². The molecule has 7 heteroatoms. The van der Waals surface area contributed by atoms with Gasteiger partial charge >= 0.3 is 7.12 Å². The molecule has 2 rings (SSSR count). The zero-order valence-corrected chi connectivity index (χ0v) is 11.0. The van der Waals surface area contributed by atoms with Crippen molar-refractivity contribution in [2.24, 2.45) is 0 Å². The summed E-state index contributed by atoms with van der Waals surface area (Å²) in [4.78, 5) is 11.8. The summed E-state index contributed by atoms with van der Waals surface area (Å²) < 4.78 is 1.35. The summed E-state index contributed by atoms with van der Waals surface area (Å²) >= 11 is 0. The molecule has 20 heavy (non-hydrogen) atoms. The smallest absolute Gasteiger partial charge is 0.426 e. The van der Waals surface area contributed by atoms with Crippen molar-refractivity contribution in [3.05, 3.63) is 47.8 Å². The Morgan fingerprint density at radius 1 is 1.25 bits per heavy atom. The van der Waals surface area contributed by atoms with E-state index in [4.69, 9.17) is 10.0 Å². The second-order valence-corrected chi connectivity index (χ2v) is 4.61. The first kappa shape index (κ1) is 14.4. The lowest BCUT2D eigenvalue weighted by Gasteiger charge is -1.99. The van der Waals surface area contributed by atoms with E-state index in [0.29, 0.717) is 25.0 Å². The molecule has 1 aromatic heterocycles. The molecule has 1 heterocycles. The lowest BCUT2D eigenvalue weighted by atomic mass is 9.93. The number of carbonyl (C=O) groups is 1. The lowest BCUT2D eigenvalue weighted by molar-refractivity contribution is -0.118. The molecular formula is C13H16BN3O3. The quantitative estimate of drug-likeness (QED) is 0.695. The van der Waals surface area contributed by atoms with E-state index in [1.54, 1.807) is 6.20 Å². The molecule has 0 radical (unpaired) electrons. The van der Waals surface area contributed by atoms with Gasteiger partial charge in [-0.1, -0.05) is 35.5 Å². The van der Waals surface area contributed by atoms with Gasteiger partial charge in [-0.05, 0) is 5.56 Å². The summed E-state index contributed by atoms with van der Waals surface area (Å²) in [6.07, 6.45) is 2.92. The van der Waals surface area contributed by atoms with Crippen molar-refractivity contribution >= 4 is 12.9 Å². The molecule has 0 atom stereocenters. The Hall–Kier alpha value is -1.99. The van der Waals surface area contributed by atoms with Crippen molar-refractivity contribution in [1.82, 2.24) is 15.0 Å². The highest BCUT2D eigenvalue weighted by molar-refractivity contribution is 6.39. The number of carbonyl (C=O) groups excluding carboxylic acids is 1. The Kier molecular flexibility index (Phi) is 5.03. The SMILES string of the molecule is O=C(CCc1cn(CB(O)O)nn1)Cc1ccccc1. The average molecular weight is 273 g/mol. The van der Waals surface area contributed by atoms with Gasteiger partial charge in [0, 0.05) is 25.5 Å². The van der Waals surface area contributed by atoms with Gasteiger partial charge in [-0.3, -0.25) is 9.48 Å². The van der Waals surface area contributed by atoms with Crippen LogP contribution in [0.4, 0.5) is 0 Å². The molecule has 104 valence electrons. The Bertz CT molecular complexity index is 557. The molecule has 0 saturated heterocycles. The van der Waals surface area contributed by atoms with Crippen LogP contribution in [0.2, 0.25) is 0 Å². The second-order valence-electron chi connectivity index (χ2n) is 4.61. The van der Waals surface area contributed by atoms with Crippen LogP contribution in [0.15, 0.2) is 36.5 Å². The fraction of sp³-hybridized carbons (Fsp3) is 0.308. The van der Waals surface area contributed by atoms with E-state index in [9.17, 15) is 4.79 Å². The van der Waals surface area contributed by atoms with Crippen LogP contribution < -0.4 is 0 Å². The monoisotopic (exact) mass is 273 g/mol. The Morgan fingerprint density at radius 3 is 2.70 bits per heavy atom. The molecule has 0 aliphatic rings. The van der Waals surface area contributed by atoms with E-state index in [2.05, 4.69) is 10.3 Å². The van der Waals surface area contributed by atoms with Gasteiger partial charge in [0.15, 0.2) is 0 Å². The zero-order valence-electron chi connectivity index (χ0n) is 11.0. The summed E-state index contributed by atoms with van der Waals surface area (Å²) in [6, 6.07) is 9.60. The fourth-order valence-electron chi connectivity index (χ4n) is 1.89. The third kappa shape index (κ3) is 4.60. The van der Waals surface area contributed by atoms with Gasteiger partial charge in [0.2, 0.25) is 0 Å². The molecule has 0 unspecified atom stereocenters. The summed E-state index contributed by atoms with van der Waals surface area (Å²) in [5.74, 6) is 0.146. The summed E-state index contributed by atoms with van der Waals surface area (Å²) in [5.41, 5.74) is 1.68. The average Bonchev–Trinajstić information content (AvgIpc) is 2.84. The molecule has 0 bridgehead atoms. The number of nitrogens with zero attached hydrogens (tertiary/aromatic N) is 3. The predicted octanol–water partition coefficient (Wildman–Crippen LogP) is 0.0345. The van der Waals surface area contributed by atoms with Gasteiger partial charge in [0.25, 0.3) is 0 Å². The first-order chi connectivity index (χ1) is 9.63. The highest BCUT2D eigenvalue weighted by Crippen LogP contribution is 2.05. The summed E-state index contributed by atoms with van der Waals surface area (Å²) in [5, 5.41) is 25.3. The molecule has 0 amide bonds. The summed E-state index contributed by atoms with van der Waals surface area (Å²) in [7, 11) is -1.45. The Labute approximate surface area is 117 Å². The molecule has 0 saturated carbocycles. The van der Waals surface area contributed by atoms with Crippen LogP contribution in [-0.4, -0.2) is 37.9 Å². The maximum Gasteiger partial charge on any atom is 0.474 e. The Morgan fingerprint density at radius 2 is 2.00 bits per heavy atom. The maximum atomic E-state index is 11.8. The molecule has 0 spiro atoms. The summed E-state index contributed by atoms with van der Waals surface area (Å²) in [6.45, 7) is 0. The molecular weight excluding hydrogens is 257 g/mol. The van der Waals surface area contributed by atoms with E-state index in [1.807, 2.05) is 30.3 Å². The standard InChI is InChI=1S/C13H16BN3O3/c18-13(8-11-4-2-1-3-5-11)7-6-12-9-17(16-15-12)10-14(19)20/h1-5,9,19-20H,6-8,10H2. The topological polar surface area (TPSA) is 88.2 Å². The molecule has 2 N–H and O–H groups in total. The number of aromatic nitrogens is 3. The van der Waals surface area contributed by atoms with Crippen LogP contribution in [0.3, 0.4) is 0 Å². The van der Waals surface area contributed by atoms with E-state index < -0.39 is 7.12 Å². The highest BCUT2D eigenvalue weighted by atomic mass is 16.4. The fourth-order valence-corrected chi connectivity index (χ4v) is 1.89. The minimum absolute atomic E-state index is 0.0229. The lowest BCUT2D eigenvalue weighted by Crippen LogP contribution is -2.20. The van der Waals surface area contributed by atoms with Gasteiger partial charge < -0.3 is 10.0 Å². The first-order valence-corrected chi connectivity index (χ1v) is 6.44. The number of aryl methyl sites for hydroxylation is 1. The van der Waals surface area contributed by atoms with Gasteiger partial charge in [0.05, 0.1) is 12.1 Å². The van der Waals surface area contributed by atoms with Crippen molar-refractivity contribution in [3.8, 4) is 0 Å². The largest absolute Gasteiger partial charge is 0.474 e. The van der Waals surface area contributed by atoms with E-state index in [1.165, 1.54) is 4.68 Å². The number of rotatable bonds is 7. The van der Waals surface area contributed by atoms with Gasteiger partial charge in [-0.2, -0.15) is 0 Å². The molecule has 1 aromatic carbocycles. The molecule has 0 aliphatic carbocycles. The van der Waals surface area contributed by atoms with Crippen LogP contribution in [0.5, 0.6) is 0 Å². The minimum Gasteiger partial charge on any atom is -0.426 e. The minimum atomic E-state index is -1.45.